The molecule has 6 heteroatoms. The van der Waals surface area contributed by atoms with Gasteiger partial charge in [-0.2, -0.15) is 0 Å². The first-order chi connectivity index (χ1) is 11.0. The number of fused-ring (bicyclic) bond motifs is 2. The van der Waals surface area contributed by atoms with Crippen LogP contribution in [-0.4, -0.2) is 57.0 Å². The molecule has 2 bridgehead atoms. The summed E-state index contributed by atoms with van der Waals surface area (Å²) < 4.78 is 28.7. The van der Waals surface area contributed by atoms with Gasteiger partial charge in [0, 0.05) is 32.7 Å². The van der Waals surface area contributed by atoms with E-state index in [2.05, 4.69) is 0 Å². The molecule has 0 radical (unpaired) electrons. The second-order valence-corrected chi connectivity index (χ2v) is 9.86. The van der Waals surface area contributed by atoms with E-state index in [9.17, 15) is 13.2 Å². The van der Waals surface area contributed by atoms with E-state index in [1.54, 1.807) is 7.11 Å². The van der Waals surface area contributed by atoms with Crippen LogP contribution < -0.4 is 0 Å². The summed E-state index contributed by atoms with van der Waals surface area (Å²) in [6, 6.07) is -0.122. The van der Waals surface area contributed by atoms with Gasteiger partial charge in [-0.25, -0.2) is 8.42 Å². The van der Waals surface area contributed by atoms with Gasteiger partial charge < -0.3 is 9.64 Å². The minimum Gasteiger partial charge on any atom is -0.385 e. The Hall–Kier alpha value is -0.620. The van der Waals surface area contributed by atoms with Crippen molar-refractivity contribution < 1.29 is 17.9 Å². The Balaban J connectivity index is 1.61. The Morgan fingerprint density at radius 3 is 2.61 bits per heavy atom. The molecule has 1 saturated heterocycles. The fraction of sp³-hybridized carbons (Fsp3) is 0.941. The molecule has 5 nitrogen and oxygen atoms in total. The van der Waals surface area contributed by atoms with Crippen molar-refractivity contribution in [1.82, 2.24) is 4.90 Å². The lowest BCUT2D eigenvalue weighted by Gasteiger charge is -2.31. The monoisotopic (exact) mass is 343 g/mol. The average molecular weight is 343 g/mol. The number of sulfone groups is 1. The van der Waals surface area contributed by atoms with Crippen LogP contribution in [0.25, 0.3) is 0 Å². The molecule has 3 rings (SSSR count). The van der Waals surface area contributed by atoms with Crippen LogP contribution in [-0.2, 0) is 19.4 Å². The third-order valence-corrected chi connectivity index (χ3v) is 7.79. The molecular weight excluding hydrogens is 314 g/mol. The van der Waals surface area contributed by atoms with Crippen LogP contribution >= 0.6 is 0 Å². The third kappa shape index (κ3) is 4.08. The molecule has 1 amide bonds. The predicted molar refractivity (Wildman–Crippen MR) is 88.8 cm³/mol. The highest BCUT2D eigenvalue weighted by Gasteiger charge is 2.42. The van der Waals surface area contributed by atoms with E-state index in [4.69, 9.17) is 4.74 Å². The number of carbonyl (C=O) groups is 1. The Morgan fingerprint density at radius 1 is 1.22 bits per heavy atom. The Morgan fingerprint density at radius 2 is 2.04 bits per heavy atom. The van der Waals surface area contributed by atoms with E-state index in [0.29, 0.717) is 31.9 Å². The first-order valence-corrected chi connectivity index (χ1v) is 10.8. The fourth-order valence-corrected chi connectivity index (χ4v) is 6.61. The normalized spacial score (nSPS) is 34.8. The van der Waals surface area contributed by atoms with Crippen LogP contribution in [0.3, 0.4) is 0 Å². The number of hydrogen-bond donors (Lipinski definition) is 0. The van der Waals surface area contributed by atoms with Crippen LogP contribution in [0, 0.1) is 17.8 Å². The van der Waals surface area contributed by atoms with E-state index in [1.165, 1.54) is 25.7 Å². The van der Waals surface area contributed by atoms with Crippen molar-refractivity contribution in [2.45, 2.75) is 51.0 Å². The second kappa shape index (κ2) is 7.09. The molecular formula is C17H29NO4S. The minimum absolute atomic E-state index is 0.122. The van der Waals surface area contributed by atoms with Gasteiger partial charge >= 0.3 is 0 Å². The van der Waals surface area contributed by atoms with Crippen molar-refractivity contribution in [3.8, 4) is 0 Å². The van der Waals surface area contributed by atoms with Crippen LogP contribution in [0.2, 0.25) is 0 Å². The standard InChI is InChI=1S/C17H29NO4S/c1-22-7-2-6-18(16-5-8-23(20,21)12-16)17(19)11-15-10-13-3-4-14(15)9-13/h13-16H,2-12H2,1H3/t13-,14-,15-,16-/m0/s1. The van der Waals surface area contributed by atoms with Crippen LogP contribution in [0.4, 0.5) is 0 Å². The largest absolute Gasteiger partial charge is 0.385 e. The number of hydrogen-bond acceptors (Lipinski definition) is 4. The molecule has 3 fully saturated rings. The molecule has 23 heavy (non-hydrogen) atoms. The van der Waals surface area contributed by atoms with Gasteiger partial charge in [-0.1, -0.05) is 6.42 Å². The zero-order valence-corrected chi connectivity index (χ0v) is 14.9. The van der Waals surface area contributed by atoms with Gasteiger partial charge in [-0.3, -0.25) is 4.79 Å². The summed E-state index contributed by atoms with van der Waals surface area (Å²) >= 11 is 0. The molecule has 0 N–H and O–H groups in total. The van der Waals surface area contributed by atoms with Crippen LogP contribution in [0.1, 0.15) is 44.9 Å². The quantitative estimate of drug-likeness (QED) is 0.662. The van der Waals surface area contributed by atoms with E-state index in [-0.39, 0.29) is 23.5 Å². The SMILES string of the molecule is COCCCN(C(=O)C[C@@H]1C[C@H]2CC[C@H]1C2)[C@H]1CCS(=O)(=O)C1. The number of amides is 1. The lowest BCUT2D eigenvalue weighted by atomic mass is 9.86. The molecule has 0 aromatic rings. The first-order valence-electron chi connectivity index (χ1n) is 8.97. The summed E-state index contributed by atoms with van der Waals surface area (Å²) in [5, 5.41) is 0. The van der Waals surface area contributed by atoms with Crippen molar-refractivity contribution in [2.24, 2.45) is 17.8 Å². The molecule has 132 valence electrons. The highest BCUT2D eigenvalue weighted by molar-refractivity contribution is 7.91. The van der Waals surface area contributed by atoms with Gasteiger partial charge in [0.1, 0.15) is 0 Å². The van der Waals surface area contributed by atoms with Crippen molar-refractivity contribution in [3.05, 3.63) is 0 Å². The maximum atomic E-state index is 12.9. The summed E-state index contributed by atoms with van der Waals surface area (Å²) in [5.74, 6) is 2.64. The number of nitrogens with zero attached hydrogens (tertiary/aromatic N) is 1. The average Bonchev–Trinajstić information content (AvgIpc) is 3.19. The van der Waals surface area contributed by atoms with E-state index in [1.807, 2.05) is 4.90 Å². The molecule has 0 spiro atoms. The summed E-state index contributed by atoms with van der Waals surface area (Å²) in [4.78, 5) is 14.7. The van der Waals surface area contributed by atoms with Gasteiger partial charge in [-0.15, -0.1) is 0 Å². The Bertz CT molecular complexity index is 533. The summed E-state index contributed by atoms with van der Waals surface area (Å²) in [7, 11) is -1.31. The second-order valence-electron chi connectivity index (χ2n) is 7.63. The summed E-state index contributed by atoms with van der Waals surface area (Å²) in [6.45, 7) is 1.23. The summed E-state index contributed by atoms with van der Waals surface area (Å²) in [5.41, 5.74) is 0. The van der Waals surface area contributed by atoms with E-state index >= 15 is 0 Å². The van der Waals surface area contributed by atoms with Crippen molar-refractivity contribution >= 4 is 15.7 Å². The zero-order valence-electron chi connectivity index (χ0n) is 14.1. The molecule has 1 heterocycles. The van der Waals surface area contributed by atoms with Gasteiger partial charge in [0.05, 0.1) is 11.5 Å². The van der Waals surface area contributed by atoms with E-state index in [0.717, 1.165) is 18.3 Å². The first kappa shape index (κ1) is 17.2. The maximum Gasteiger partial charge on any atom is 0.223 e. The van der Waals surface area contributed by atoms with E-state index < -0.39 is 9.84 Å². The molecule has 4 atom stereocenters. The highest BCUT2D eigenvalue weighted by atomic mass is 32.2. The number of carbonyl (C=O) groups excluding carboxylic acids is 1. The van der Waals surface area contributed by atoms with Crippen molar-refractivity contribution in [2.75, 3.05) is 31.8 Å². The minimum atomic E-state index is -2.97. The Kier molecular flexibility index (Phi) is 5.31. The van der Waals surface area contributed by atoms with Gasteiger partial charge in [0.15, 0.2) is 9.84 Å². The Labute approximate surface area is 139 Å². The van der Waals surface area contributed by atoms with Crippen molar-refractivity contribution in [1.29, 1.82) is 0 Å². The topological polar surface area (TPSA) is 63.7 Å². The molecule has 2 saturated carbocycles. The number of methoxy groups -OCH3 is 1. The molecule has 0 aromatic heterocycles. The lowest BCUT2D eigenvalue weighted by molar-refractivity contribution is -0.134. The zero-order chi connectivity index (χ0) is 16.4. The lowest BCUT2D eigenvalue weighted by Crippen LogP contribution is -2.43. The molecule has 1 aliphatic heterocycles. The molecule has 2 aliphatic carbocycles. The predicted octanol–water partition coefficient (Wildman–Crippen LogP) is 1.86. The van der Waals surface area contributed by atoms with Crippen LogP contribution in [0.15, 0.2) is 0 Å². The third-order valence-electron chi connectivity index (χ3n) is 6.04. The van der Waals surface area contributed by atoms with Gasteiger partial charge in [0.2, 0.25) is 5.91 Å². The smallest absolute Gasteiger partial charge is 0.223 e. The molecule has 3 aliphatic rings. The van der Waals surface area contributed by atoms with Crippen LogP contribution in [0.5, 0.6) is 0 Å². The highest BCUT2D eigenvalue weighted by Crippen LogP contribution is 2.49. The summed E-state index contributed by atoms with van der Waals surface area (Å²) in [6.07, 6.45) is 7.11. The molecule has 0 aromatic carbocycles. The maximum absolute atomic E-state index is 12.9. The van der Waals surface area contributed by atoms with Gasteiger partial charge in [0.25, 0.3) is 0 Å². The van der Waals surface area contributed by atoms with Gasteiger partial charge in [-0.05, 0) is 49.9 Å². The fourth-order valence-electron chi connectivity index (χ4n) is 4.88. The molecule has 0 unspecified atom stereocenters. The number of ether oxygens (including phenoxy) is 1. The van der Waals surface area contributed by atoms with Crippen molar-refractivity contribution in [3.63, 3.8) is 0 Å². The number of rotatable bonds is 7.